The van der Waals surface area contributed by atoms with Crippen LogP contribution >= 0.6 is 11.3 Å². The standard InChI is InChI=1S/C14H19N5OS/c1-4-19(5-2)11-8-6-10(7-9-11)16-12(20)13-17-18-14(15-3)21-13/h6-9H,4-5H2,1-3H3,(H,15,18)(H,16,20). The van der Waals surface area contributed by atoms with E-state index in [-0.39, 0.29) is 5.91 Å². The van der Waals surface area contributed by atoms with Crippen molar-refractivity contribution >= 4 is 33.8 Å². The Bertz CT molecular complexity index is 592. The molecule has 2 rings (SSSR count). The summed E-state index contributed by atoms with van der Waals surface area (Å²) < 4.78 is 0. The molecule has 0 atom stereocenters. The average Bonchev–Trinajstić information content (AvgIpc) is 2.99. The van der Waals surface area contributed by atoms with Gasteiger partial charge in [-0.3, -0.25) is 4.79 Å². The van der Waals surface area contributed by atoms with Crippen LogP contribution in [0, 0.1) is 0 Å². The SMILES string of the molecule is CCN(CC)c1ccc(NC(=O)c2nnc(NC)s2)cc1. The van der Waals surface area contributed by atoms with E-state index >= 15 is 0 Å². The third kappa shape index (κ3) is 3.69. The molecule has 1 heterocycles. The van der Waals surface area contributed by atoms with Crippen LogP contribution in [0.15, 0.2) is 24.3 Å². The summed E-state index contributed by atoms with van der Waals surface area (Å²) in [7, 11) is 1.74. The summed E-state index contributed by atoms with van der Waals surface area (Å²) in [6.45, 7) is 6.15. The number of carbonyl (C=O) groups excluding carboxylic acids is 1. The average molecular weight is 305 g/mol. The fraction of sp³-hybridized carbons (Fsp3) is 0.357. The van der Waals surface area contributed by atoms with Gasteiger partial charge in [0.25, 0.3) is 5.91 Å². The van der Waals surface area contributed by atoms with Crippen LogP contribution in [0.2, 0.25) is 0 Å². The van der Waals surface area contributed by atoms with Gasteiger partial charge in [0, 0.05) is 31.5 Å². The molecule has 0 saturated heterocycles. The number of benzene rings is 1. The Morgan fingerprint density at radius 3 is 2.38 bits per heavy atom. The smallest absolute Gasteiger partial charge is 0.286 e. The maximum absolute atomic E-state index is 12.0. The summed E-state index contributed by atoms with van der Waals surface area (Å²) in [5.74, 6) is -0.246. The predicted molar refractivity (Wildman–Crippen MR) is 87.4 cm³/mol. The third-order valence-electron chi connectivity index (χ3n) is 3.09. The topological polar surface area (TPSA) is 70.2 Å². The van der Waals surface area contributed by atoms with E-state index in [0.717, 1.165) is 24.5 Å². The maximum Gasteiger partial charge on any atom is 0.286 e. The van der Waals surface area contributed by atoms with Crippen molar-refractivity contribution < 1.29 is 4.79 Å². The van der Waals surface area contributed by atoms with Crippen LogP contribution in [-0.2, 0) is 0 Å². The lowest BCUT2D eigenvalue weighted by Crippen LogP contribution is -2.21. The number of rotatable bonds is 6. The first-order chi connectivity index (χ1) is 10.2. The number of anilines is 3. The molecule has 1 amide bonds. The van der Waals surface area contributed by atoms with E-state index < -0.39 is 0 Å². The number of amides is 1. The fourth-order valence-electron chi connectivity index (χ4n) is 1.94. The first-order valence-electron chi connectivity index (χ1n) is 6.85. The van der Waals surface area contributed by atoms with E-state index in [1.165, 1.54) is 11.3 Å². The van der Waals surface area contributed by atoms with Gasteiger partial charge in [-0.2, -0.15) is 0 Å². The summed E-state index contributed by atoms with van der Waals surface area (Å²) in [5, 5.41) is 14.3. The summed E-state index contributed by atoms with van der Waals surface area (Å²) in [4.78, 5) is 14.3. The molecule has 0 bridgehead atoms. The molecule has 112 valence electrons. The quantitative estimate of drug-likeness (QED) is 0.858. The number of nitrogens with zero attached hydrogens (tertiary/aromatic N) is 3. The largest absolute Gasteiger partial charge is 0.372 e. The molecule has 2 aromatic rings. The van der Waals surface area contributed by atoms with Crippen molar-refractivity contribution in [3.8, 4) is 0 Å². The molecule has 0 aliphatic heterocycles. The van der Waals surface area contributed by atoms with Gasteiger partial charge >= 0.3 is 0 Å². The van der Waals surface area contributed by atoms with Crippen LogP contribution in [0.1, 0.15) is 23.6 Å². The fourth-order valence-corrected chi connectivity index (χ4v) is 2.54. The van der Waals surface area contributed by atoms with E-state index in [2.05, 4.69) is 39.6 Å². The molecular weight excluding hydrogens is 286 g/mol. The lowest BCUT2D eigenvalue weighted by Gasteiger charge is -2.21. The number of nitrogens with one attached hydrogen (secondary N) is 2. The van der Waals surface area contributed by atoms with Gasteiger partial charge in [0.2, 0.25) is 10.1 Å². The van der Waals surface area contributed by atoms with Crippen LogP contribution in [-0.4, -0.2) is 36.2 Å². The summed E-state index contributed by atoms with van der Waals surface area (Å²) in [6.07, 6.45) is 0. The molecule has 0 aliphatic rings. The zero-order chi connectivity index (χ0) is 15.2. The summed E-state index contributed by atoms with van der Waals surface area (Å²) in [6, 6.07) is 7.79. The van der Waals surface area contributed by atoms with Crippen LogP contribution in [0.4, 0.5) is 16.5 Å². The van der Waals surface area contributed by atoms with Crippen molar-refractivity contribution in [3.63, 3.8) is 0 Å². The molecule has 21 heavy (non-hydrogen) atoms. The van der Waals surface area contributed by atoms with E-state index in [0.29, 0.717) is 10.1 Å². The van der Waals surface area contributed by atoms with E-state index in [9.17, 15) is 4.79 Å². The normalized spacial score (nSPS) is 10.2. The monoisotopic (exact) mass is 305 g/mol. The molecule has 0 spiro atoms. The lowest BCUT2D eigenvalue weighted by atomic mass is 10.2. The Kier molecular flexibility index (Phi) is 5.10. The highest BCUT2D eigenvalue weighted by atomic mass is 32.1. The molecule has 7 heteroatoms. The Morgan fingerprint density at radius 1 is 1.19 bits per heavy atom. The van der Waals surface area contributed by atoms with Gasteiger partial charge in [0.15, 0.2) is 0 Å². The minimum absolute atomic E-state index is 0.246. The lowest BCUT2D eigenvalue weighted by molar-refractivity contribution is 0.102. The second kappa shape index (κ2) is 7.03. The van der Waals surface area contributed by atoms with Crippen molar-refractivity contribution in [1.82, 2.24) is 10.2 Å². The predicted octanol–water partition coefficient (Wildman–Crippen LogP) is 2.68. The zero-order valence-corrected chi connectivity index (χ0v) is 13.2. The second-order valence-corrected chi connectivity index (χ2v) is 5.31. The first kappa shape index (κ1) is 15.2. The molecule has 0 aliphatic carbocycles. The van der Waals surface area contributed by atoms with Gasteiger partial charge in [0.1, 0.15) is 0 Å². The van der Waals surface area contributed by atoms with Gasteiger partial charge < -0.3 is 15.5 Å². The molecule has 2 N–H and O–H groups in total. The van der Waals surface area contributed by atoms with E-state index in [1.807, 2.05) is 24.3 Å². The summed E-state index contributed by atoms with van der Waals surface area (Å²) >= 11 is 1.22. The maximum atomic E-state index is 12.0. The third-order valence-corrected chi connectivity index (χ3v) is 4.03. The van der Waals surface area contributed by atoms with Crippen LogP contribution in [0.25, 0.3) is 0 Å². The van der Waals surface area contributed by atoms with Crippen LogP contribution in [0.3, 0.4) is 0 Å². The van der Waals surface area contributed by atoms with Crippen LogP contribution < -0.4 is 15.5 Å². The molecule has 0 fully saturated rings. The first-order valence-corrected chi connectivity index (χ1v) is 7.67. The van der Waals surface area contributed by atoms with Crippen molar-refractivity contribution in [2.24, 2.45) is 0 Å². The highest BCUT2D eigenvalue weighted by molar-refractivity contribution is 7.17. The van der Waals surface area contributed by atoms with Gasteiger partial charge in [-0.05, 0) is 38.1 Å². The number of carbonyl (C=O) groups is 1. The Hall–Kier alpha value is -2.15. The van der Waals surface area contributed by atoms with Crippen LogP contribution in [0.5, 0.6) is 0 Å². The molecule has 0 radical (unpaired) electrons. The summed E-state index contributed by atoms with van der Waals surface area (Å²) in [5.41, 5.74) is 1.89. The van der Waals surface area contributed by atoms with Crippen molar-refractivity contribution in [2.75, 3.05) is 35.7 Å². The molecule has 1 aromatic carbocycles. The molecular formula is C14H19N5OS. The van der Waals surface area contributed by atoms with E-state index in [4.69, 9.17) is 0 Å². The Balaban J connectivity index is 2.04. The van der Waals surface area contributed by atoms with Gasteiger partial charge in [-0.1, -0.05) is 11.3 Å². The van der Waals surface area contributed by atoms with Gasteiger partial charge in [-0.15, -0.1) is 10.2 Å². The molecule has 1 aromatic heterocycles. The van der Waals surface area contributed by atoms with E-state index in [1.54, 1.807) is 7.05 Å². The van der Waals surface area contributed by atoms with Gasteiger partial charge in [-0.25, -0.2) is 0 Å². The minimum atomic E-state index is -0.246. The number of aromatic nitrogens is 2. The number of hydrogen-bond donors (Lipinski definition) is 2. The highest BCUT2D eigenvalue weighted by Gasteiger charge is 2.12. The van der Waals surface area contributed by atoms with Crippen molar-refractivity contribution in [3.05, 3.63) is 29.3 Å². The van der Waals surface area contributed by atoms with Crippen molar-refractivity contribution in [1.29, 1.82) is 0 Å². The Morgan fingerprint density at radius 2 is 1.86 bits per heavy atom. The number of hydrogen-bond acceptors (Lipinski definition) is 6. The minimum Gasteiger partial charge on any atom is -0.372 e. The molecule has 0 unspecified atom stereocenters. The van der Waals surface area contributed by atoms with Crippen molar-refractivity contribution in [2.45, 2.75) is 13.8 Å². The molecule has 0 saturated carbocycles. The zero-order valence-electron chi connectivity index (χ0n) is 12.4. The Labute approximate surface area is 128 Å². The second-order valence-electron chi connectivity index (χ2n) is 4.34. The van der Waals surface area contributed by atoms with Gasteiger partial charge in [0.05, 0.1) is 0 Å². The molecule has 6 nitrogen and oxygen atoms in total. The highest BCUT2D eigenvalue weighted by Crippen LogP contribution is 2.19.